The zero-order chi connectivity index (χ0) is 9.40. The number of amides is 1. The maximum absolute atomic E-state index is 9.92. The second-order valence-electron chi connectivity index (χ2n) is 1.62. The lowest BCUT2D eigenvalue weighted by molar-refractivity contribution is -0.105. The van der Waals surface area contributed by atoms with Gasteiger partial charge in [0, 0.05) is 10.7 Å². The van der Waals surface area contributed by atoms with Gasteiger partial charge in [-0.1, -0.05) is 29.8 Å². The van der Waals surface area contributed by atoms with E-state index < -0.39 is 0 Å². The van der Waals surface area contributed by atoms with Crippen LogP contribution in [0.3, 0.4) is 0 Å². The maximum Gasteiger partial charge on any atom is 0.212 e. The highest BCUT2D eigenvalue weighted by molar-refractivity contribution is 9.10. The van der Waals surface area contributed by atoms with Gasteiger partial charge >= 0.3 is 0 Å². The molecule has 0 spiro atoms. The van der Waals surface area contributed by atoms with Gasteiger partial charge in [0.25, 0.3) is 0 Å². The summed E-state index contributed by atoms with van der Waals surface area (Å²) in [7, 11) is 0. The second-order valence-corrected chi connectivity index (χ2v) is 2.54. The molecule has 12 heavy (non-hydrogen) atoms. The van der Waals surface area contributed by atoms with Crippen molar-refractivity contribution in [3.63, 3.8) is 0 Å². The molecular weight excluding hydrogens is 220 g/mol. The first-order valence-corrected chi connectivity index (χ1v) is 4.44. The zero-order valence-electron chi connectivity index (χ0n) is 7.04. The number of pyridine rings is 1. The van der Waals surface area contributed by atoms with E-state index in [1.165, 1.54) is 0 Å². The first-order chi connectivity index (χ1) is 5.83. The lowest BCUT2D eigenvalue weighted by Crippen LogP contribution is -1.95. The normalized spacial score (nSPS) is 7.92. The summed E-state index contributed by atoms with van der Waals surface area (Å²) in [5.41, 5.74) is 0. The fourth-order valence-corrected chi connectivity index (χ4v) is 0.879. The van der Waals surface area contributed by atoms with Crippen molar-refractivity contribution in [3.8, 4) is 0 Å². The fourth-order valence-electron chi connectivity index (χ4n) is 0.544. The molecule has 0 atom stereocenters. The van der Waals surface area contributed by atoms with Crippen LogP contribution >= 0.6 is 15.9 Å². The standard InChI is InChI=1S/C6H5BrN2O.C2H6/c7-5-1-2-8-6(3-5)9-4-10;1-2/h1-4H,(H,8,9,10);1-2H3. The molecule has 66 valence electrons. The molecular formula is C8H11BrN2O. The van der Waals surface area contributed by atoms with E-state index in [1.54, 1.807) is 18.3 Å². The average Bonchev–Trinajstić information content (AvgIpc) is 2.09. The van der Waals surface area contributed by atoms with Crippen LogP contribution in [0, 0.1) is 0 Å². The number of nitrogens with zero attached hydrogens (tertiary/aromatic N) is 1. The lowest BCUT2D eigenvalue weighted by Gasteiger charge is -1.95. The van der Waals surface area contributed by atoms with Gasteiger partial charge in [0.1, 0.15) is 5.82 Å². The van der Waals surface area contributed by atoms with E-state index in [9.17, 15) is 4.79 Å². The van der Waals surface area contributed by atoms with Gasteiger partial charge in [-0.05, 0) is 12.1 Å². The Morgan fingerprint density at radius 2 is 2.25 bits per heavy atom. The van der Waals surface area contributed by atoms with Crippen molar-refractivity contribution in [2.75, 3.05) is 5.32 Å². The van der Waals surface area contributed by atoms with Crippen molar-refractivity contribution in [3.05, 3.63) is 22.8 Å². The molecule has 1 aromatic rings. The SMILES string of the molecule is CC.O=CNc1cc(Br)ccn1. The number of anilines is 1. The van der Waals surface area contributed by atoms with E-state index >= 15 is 0 Å². The molecule has 0 fully saturated rings. The smallest absolute Gasteiger partial charge is 0.212 e. The third-order valence-corrected chi connectivity index (χ3v) is 1.42. The number of hydrogen-bond donors (Lipinski definition) is 1. The van der Waals surface area contributed by atoms with Crippen LogP contribution in [0.1, 0.15) is 13.8 Å². The van der Waals surface area contributed by atoms with Gasteiger partial charge < -0.3 is 5.32 Å². The van der Waals surface area contributed by atoms with Gasteiger partial charge in [0.15, 0.2) is 0 Å². The van der Waals surface area contributed by atoms with Crippen molar-refractivity contribution in [1.29, 1.82) is 0 Å². The number of rotatable bonds is 2. The Balaban J connectivity index is 0.000000561. The topological polar surface area (TPSA) is 42.0 Å². The molecule has 1 N–H and O–H groups in total. The van der Waals surface area contributed by atoms with Crippen molar-refractivity contribution in [2.24, 2.45) is 0 Å². The number of aromatic nitrogens is 1. The third kappa shape index (κ3) is 4.08. The third-order valence-electron chi connectivity index (χ3n) is 0.929. The molecule has 0 unspecified atom stereocenters. The van der Waals surface area contributed by atoms with Crippen molar-refractivity contribution in [1.82, 2.24) is 4.98 Å². The number of carbonyl (C=O) groups excluding carboxylic acids is 1. The number of carbonyl (C=O) groups is 1. The van der Waals surface area contributed by atoms with Gasteiger partial charge in [0.2, 0.25) is 6.41 Å². The minimum absolute atomic E-state index is 0.546. The minimum atomic E-state index is 0.546. The summed E-state index contributed by atoms with van der Waals surface area (Å²) in [6.45, 7) is 4.00. The van der Waals surface area contributed by atoms with Crippen LogP contribution in [-0.2, 0) is 4.79 Å². The Labute approximate surface area is 80.3 Å². The lowest BCUT2D eigenvalue weighted by atomic mass is 10.5. The van der Waals surface area contributed by atoms with Crippen LogP contribution in [0.4, 0.5) is 5.82 Å². The molecule has 0 radical (unpaired) electrons. The van der Waals surface area contributed by atoms with Gasteiger partial charge in [-0.3, -0.25) is 4.79 Å². The Bertz CT molecular complexity index is 240. The Kier molecular flexibility index (Phi) is 6.28. The van der Waals surface area contributed by atoms with Gasteiger partial charge in [-0.25, -0.2) is 4.98 Å². The van der Waals surface area contributed by atoms with E-state index in [1.807, 2.05) is 13.8 Å². The molecule has 0 aromatic carbocycles. The van der Waals surface area contributed by atoms with Crippen LogP contribution in [0.5, 0.6) is 0 Å². The summed E-state index contributed by atoms with van der Waals surface area (Å²) in [5, 5.41) is 2.43. The number of nitrogens with one attached hydrogen (secondary N) is 1. The number of hydrogen-bond acceptors (Lipinski definition) is 2. The number of halogens is 1. The highest BCUT2D eigenvalue weighted by atomic mass is 79.9. The van der Waals surface area contributed by atoms with Crippen LogP contribution in [0.15, 0.2) is 22.8 Å². The molecule has 1 rings (SSSR count). The summed E-state index contributed by atoms with van der Waals surface area (Å²) in [6.07, 6.45) is 2.20. The van der Waals surface area contributed by atoms with Crippen molar-refractivity contribution < 1.29 is 4.79 Å². The first-order valence-electron chi connectivity index (χ1n) is 3.64. The Hall–Kier alpha value is -0.900. The molecule has 1 aromatic heterocycles. The highest BCUT2D eigenvalue weighted by Gasteiger charge is 1.90. The van der Waals surface area contributed by atoms with Crippen molar-refractivity contribution in [2.45, 2.75) is 13.8 Å². The van der Waals surface area contributed by atoms with Crippen LogP contribution in [0.2, 0.25) is 0 Å². The molecule has 0 aliphatic carbocycles. The van der Waals surface area contributed by atoms with Gasteiger partial charge in [0.05, 0.1) is 0 Å². The van der Waals surface area contributed by atoms with E-state index in [4.69, 9.17) is 0 Å². The van der Waals surface area contributed by atoms with Crippen LogP contribution < -0.4 is 5.32 Å². The fraction of sp³-hybridized carbons (Fsp3) is 0.250. The monoisotopic (exact) mass is 230 g/mol. The molecule has 1 heterocycles. The van der Waals surface area contributed by atoms with Gasteiger partial charge in [-0.15, -0.1) is 0 Å². The van der Waals surface area contributed by atoms with Gasteiger partial charge in [-0.2, -0.15) is 0 Å². The molecule has 0 aliphatic rings. The molecule has 1 amide bonds. The Morgan fingerprint density at radius 1 is 1.58 bits per heavy atom. The summed E-state index contributed by atoms with van der Waals surface area (Å²) >= 11 is 3.24. The van der Waals surface area contributed by atoms with Crippen LogP contribution in [-0.4, -0.2) is 11.4 Å². The largest absolute Gasteiger partial charge is 0.313 e. The summed E-state index contributed by atoms with van der Waals surface area (Å²) in [6, 6.07) is 3.50. The molecule has 0 saturated heterocycles. The minimum Gasteiger partial charge on any atom is -0.313 e. The average molecular weight is 231 g/mol. The summed E-state index contributed by atoms with van der Waals surface area (Å²) in [5.74, 6) is 0.546. The summed E-state index contributed by atoms with van der Waals surface area (Å²) < 4.78 is 0.895. The van der Waals surface area contributed by atoms with Crippen molar-refractivity contribution >= 4 is 28.2 Å². The molecule has 0 aliphatic heterocycles. The predicted octanol–water partition coefficient (Wildman–Crippen LogP) is 2.44. The highest BCUT2D eigenvalue weighted by Crippen LogP contribution is 2.11. The second kappa shape index (κ2) is 6.79. The molecule has 3 nitrogen and oxygen atoms in total. The summed E-state index contributed by atoms with van der Waals surface area (Å²) in [4.78, 5) is 13.8. The first kappa shape index (κ1) is 11.1. The quantitative estimate of drug-likeness (QED) is 0.794. The zero-order valence-corrected chi connectivity index (χ0v) is 8.63. The molecule has 4 heteroatoms. The van der Waals surface area contributed by atoms with Crippen LogP contribution in [0.25, 0.3) is 0 Å². The molecule has 0 saturated carbocycles. The van der Waals surface area contributed by atoms with E-state index in [2.05, 4.69) is 26.2 Å². The Morgan fingerprint density at radius 3 is 2.75 bits per heavy atom. The predicted molar refractivity (Wildman–Crippen MR) is 53.0 cm³/mol. The maximum atomic E-state index is 9.92. The van der Waals surface area contributed by atoms with E-state index in [0.29, 0.717) is 12.2 Å². The van der Waals surface area contributed by atoms with E-state index in [-0.39, 0.29) is 0 Å². The molecule has 0 bridgehead atoms. The van der Waals surface area contributed by atoms with E-state index in [0.717, 1.165) is 4.47 Å².